The maximum Gasteiger partial charge on any atom is 0.242 e. The number of carbonyl (C=O) groups excluding carboxylic acids is 2. The van der Waals surface area contributed by atoms with Crippen LogP contribution in [0.1, 0.15) is 31.9 Å². The van der Waals surface area contributed by atoms with E-state index in [4.69, 9.17) is 11.6 Å². The molecule has 0 aliphatic rings. The van der Waals surface area contributed by atoms with Crippen molar-refractivity contribution >= 4 is 51.1 Å². The lowest BCUT2D eigenvalue weighted by Gasteiger charge is -2.29. The van der Waals surface area contributed by atoms with Gasteiger partial charge in [0, 0.05) is 28.3 Å². The minimum absolute atomic E-state index is 0.0655. The van der Waals surface area contributed by atoms with Gasteiger partial charge in [0.25, 0.3) is 0 Å². The van der Waals surface area contributed by atoms with Crippen molar-refractivity contribution in [3.8, 4) is 0 Å². The van der Waals surface area contributed by atoms with Crippen LogP contribution in [0.4, 0.5) is 0 Å². The van der Waals surface area contributed by atoms with Gasteiger partial charge in [0.2, 0.25) is 11.8 Å². The molecule has 2 rings (SSSR count). The molecule has 0 heterocycles. The molecule has 0 saturated carbocycles. The standard InChI is InChI=1S/C23H28BrClN2O2S/c1-16(2)12-26-23(29)17(3)27(13-19-5-4-6-21(25)11-19)22(28)15-30-14-18-7-9-20(24)10-8-18/h4-11,16-17H,12-15H2,1-3H3,(H,26,29)/t17-/m0/s1. The van der Waals surface area contributed by atoms with E-state index >= 15 is 0 Å². The Kier molecular flexibility index (Phi) is 10.2. The van der Waals surface area contributed by atoms with E-state index < -0.39 is 6.04 Å². The van der Waals surface area contributed by atoms with Crippen LogP contribution < -0.4 is 5.32 Å². The predicted molar refractivity (Wildman–Crippen MR) is 130 cm³/mol. The normalized spacial score (nSPS) is 11.9. The van der Waals surface area contributed by atoms with Gasteiger partial charge in [-0.1, -0.05) is 65.6 Å². The van der Waals surface area contributed by atoms with Crippen molar-refractivity contribution in [3.63, 3.8) is 0 Å². The Morgan fingerprint density at radius 2 is 1.80 bits per heavy atom. The average Bonchev–Trinajstić information content (AvgIpc) is 2.71. The average molecular weight is 512 g/mol. The second-order valence-corrected chi connectivity index (χ2v) is 9.92. The molecule has 0 aliphatic carbocycles. The van der Waals surface area contributed by atoms with Crippen molar-refractivity contribution in [2.24, 2.45) is 5.92 Å². The van der Waals surface area contributed by atoms with E-state index in [0.717, 1.165) is 21.4 Å². The van der Waals surface area contributed by atoms with Gasteiger partial charge >= 0.3 is 0 Å². The van der Waals surface area contributed by atoms with Crippen LogP contribution >= 0.6 is 39.3 Å². The summed E-state index contributed by atoms with van der Waals surface area (Å²) in [4.78, 5) is 27.3. The smallest absolute Gasteiger partial charge is 0.242 e. The van der Waals surface area contributed by atoms with Crippen LogP contribution in [0.25, 0.3) is 0 Å². The Hall–Kier alpha value is -1.50. The van der Waals surface area contributed by atoms with Gasteiger partial charge in [0.05, 0.1) is 5.75 Å². The van der Waals surface area contributed by atoms with Crippen molar-refractivity contribution in [3.05, 3.63) is 69.2 Å². The molecule has 0 unspecified atom stereocenters. The van der Waals surface area contributed by atoms with Crippen LogP contribution in [0.15, 0.2) is 53.0 Å². The number of thioether (sulfide) groups is 1. The number of rotatable bonds is 10. The van der Waals surface area contributed by atoms with Gasteiger partial charge in [0.15, 0.2) is 0 Å². The Morgan fingerprint density at radius 1 is 1.10 bits per heavy atom. The molecule has 0 aromatic heterocycles. The van der Waals surface area contributed by atoms with Gasteiger partial charge < -0.3 is 10.2 Å². The van der Waals surface area contributed by atoms with Gasteiger partial charge in [-0.2, -0.15) is 0 Å². The van der Waals surface area contributed by atoms with Crippen molar-refractivity contribution in [2.75, 3.05) is 12.3 Å². The van der Waals surface area contributed by atoms with E-state index in [1.807, 2.05) is 56.3 Å². The van der Waals surface area contributed by atoms with E-state index in [1.54, 1.807) is 29.7 Å². The summed E-state index contributed by atoms with van der Waals surface area (Å²) in [5.41, 5.74) is 2.05. The largest absolute Gasteiger partial charge is 0.354 e. The minimum Gasteiger partial charge on any atom is -0.354 e. The highest BCUT2D eigenvalue weighted by atomic mass is 79.9. The fraction of sp³-hybridized carbons (Fsp3) is 0.391. The second kappa shape index (κ2) is 12.4. The fourth-order valence-electron chi connectivity index (χ4n) is 2.79. The number of nitrogens with one attached hydrogen (secondary N) is 1. The number of nitrogens with zero attached hydrogens (tertiary/aromatic N) is 1. The van der Waals surface area contributed by atoms with Gasteiger partial charge in [-0.05, 0) is 48.2 Å². The van der Waals surface area contributed by atoms with E-state index in [9.17, 15) is 9.59 Å². The van der Waals surface area contributed by atoms with Gasteiger partial charge in [-0.25, -0.2) is 0 Å². The lowest BCUT2D eigenvalue weighted by atomic mass is 10.1. The Balaban J connectivity index is 2.05. The summed E-state index contributed by atoms with van der Waals surface area (Å²) in [6, 6.07) is 14.9. The molecule has 2 aromatic rings. The monoisotopic (exact) mass is 510 g/mol. The van der Waals surface area contributed by atoms with Crippen LogP contribution in [0.2, 0.25) is 5.02 Å². The zero-order valence-electron chi connectivity index (χ0n) is 17.5. The fourth-order valence-corrected chi connectivity index (χ4v) is 4.13. The molecule has 0 saturated heterocycles. The third-order valence-corrected chi connectivity index (χ3v) is 6.25. The van der Waals surface area contributed by atoms with Crippen LogP contribution in [-0.2, 0) is 21.9 Å². The van der Waals surface area contributed by atoms with Gasteiger partial charge in [-0.3, -0.25) is 9.59 Å². The highest BCUT2D eigenvalue weighted by molar-refractivity contribution is 9.10. The number of benzene rings is 2. The first-order valence-electron chi connectivity index (χ1n) is 9.90. The lowest BCUT2D eigenvalue weighted by Crippen LogP contribution is -2.48. The van der Waals surface area contributed by atoms with Crippen LogP contribution in [0.5, 0.6) is 0 Å². The molecule has 0 radical (unpaired) electrons. The van der Waals surface area contributed by atoms with E-state index in [2.05, 4.69) is 21.2 Å². The summed E-state index contributed by atoms with van der Waals surface area (Å²) in [7, 11) is 0. The van der Waals surface area contributed by atoms with Gasteiger partial charge in [-0.15, -0.1) is 11.8 Å². The molecule has 0 aliphatic heterocycles. The number of carbonyl (C=O) groups is 2. The Bertz CT molecular complexity index is 845. The van der Waals surface area contributed by atoms with Crippen molar-refractivity contribution in [1.82, 2.24) is 10.2 Å². The lowest BCUT2D eigenvalue weighted by molar-refractivity contribution is -0.138. The van der Waals surface area contributed by atoms with Crippen molar-refractivity contribution < 1.29 is 9.59 Å². The molecular weight excluding hydrogens is 484 g/mol. The summed E-state index contributed by atoms with van der Waals surface area (Å²) in [6.07, 6.45) is 0. The summed E-state index contributed by atoms with van der Waals surface area (Å²) < 4.78 is 1.03. The van der Waals surface area contributed by atoms with Crippen molar-refractivity contribution in [1.29, 1.82) is 0 Å². The first-order valence-corrected chi connectivity index (χ1v) is 12.2. The highest BCUT2D eigenvalue weighted by Crippen LogP contribution is 2.19. The molecule has 30 heavy (non-hydrogen) atoms. The zero-order valence-corrected chi connectivity index (χ0v) is 20.7. The molecular formula is C23H28BrClN2O2S. The highest BCUT2D eigenvalue weighted by Gasteiger charge is 2.26. The Labute approximate surface area is 196 Å². The van der Waals surface area contributed by atoms with E-state index in [-0.39, 0.29) is 11.8 Å². The van der Waals surface area contributed by atoms with E-state index in [0.29, 0.717) is 29.8 Å². The molecule has 0 fully saturated rings. The van der Waals surface area contributed by atoms with Gasteiger partial charge in [0.1, 0.15) is 6.04 Å². The number of halogens is 2. The van der Waals surface area contributed by atoms with E-state index in [1.165, 1.54) is 0 Å². The molecule has 2 amide bonds. The second-order valence-electron chi connectivity index (χ2n) is 7.59. The molecule has 1 N–H and O–H groups in total. The molecule has 1 atom stereocenters. The third-order valence-electron chi connectivity index (χ3n) is 4.50. The SMILES string of the molecule is CC(C)CNC(=O)[C@H](C)N(Cc1cccc(Cl)c1)C(=O)CSCc1ccc(Br)cc1. The quantitative estimate of drug-likeness (QED) is 0.456. The topological polar surface area (TPSA) is 49.4 Å². The Morgan fingerprint density at radius 3 is 2.43 bits per heavy atom. The van der Waals surface area contributed by atoms with Crippen molar-refractivity contribution in [2.45, 2.75) is 39.1 Å². The van der Waals surface area contributed by atoms with Crippen LogP contribution in [-0.4, -0.2) is 35.1 Å². The van der Waals surface area contributed by atoms with Crippen LogP contribution in [0.3, 0.4) is 0 Å². The summed E-state index contributed by atoms with van der Waals surface area (Å²) >= 11 is 11.1. The minimum atomic E-state index is -0.566. The maximum atomic E-state index is 13.0. The molecule has 2 aromatic carbocycles. The summed E-state index contributed by atoms with van der Waals surface area (Å²) in [5, 5.41) is 3.54. The first-order chi connectivity index (χ1) is 14.3. The molecule has 0 bridgehead atoms. The number of hydrogen-bond donors (Lipinski definition) is 1. The predicted octanol–water partition coefficient (Wildman–Crippen LogP) is 5.53. The molecule has 4 nitrogen and oxygen atoms in total. The number of hydrogen-bond acceptors (Lipinski definition) is 3. The first kappa shape index (κ1) is 24.8. The number of amides is 2. The maximum absolute atomic E-state index is 13.0. The summed E-state index contributed by atoms with van der Waals surface area (Å²) in [5.74, 6) is 1.18. The summed E-state index contributed by atoms with van der Waals surface area (Å²) in [6.45, 7) is 6.78. The molecule has 162 valence electrons. The zero-order chi connectivity index (χ0) is 22.1. The van der Waals surface area contributed by atoms with Crippen LogP contribution in [0, 0.1) is 5.92 Å². The molecule has 7 heteroatoms. The third kappa shape index (κ3) is 8.32. The molecule has 0 spiro atoms.